The Hall–Kier alpha value is -0.160. The minimum Gasteiger partial charge on any atom is -0.396 e. The molecule has 116 valence electrons. The van der Waals surface area contributed by atoms with Gasteiger partial charge in [0.2, 0.25) is 0 Å². The second-order valence-corrected chi connectivity index (χ2v) is 6.96. The Kier molecular flexibility index (Phi) is 6.96. The van der Waals surface area contributed by atoms with Crippen LogP contribution in [0.3, 0.4) is 0 Å². The molecular weight excluding hydrogens is 244 g/mol. The lowest BCUT2D eigenvalue weighted by atomic mass is 9.68. The molecule has 4 atom stereocenters. The summed E-state index contributed by atoms with van der Waals surface area (Å²) in [7, 11) is 0. The first-order valence-electron chi connectivity index (χ1n) is 7.19. The van der Waals surface area contributed by atoms with Crippen LogP contribution in [-0.4, -0.2) is 45.3 Å². The molecule has 0 aromatic rings. The van der Waals surface area contributed by atoms with Crippen LogP contribution in [0.25, 0.3) is 0 Å². The quantitative estimate of drug-likeness (QED) is 0.542. The van der Waals surface area contributed by atoms with Crippen molar-refractivity contribution in [3.63, 3.8) is 0 Å². The Bertz CT molecular complexity index is 265. The molecular formula is C15H32O4. The first kappa shape index (κ1) is 18.8. The van der Waals surface area contributed by atoms with Gasteiger partial charge in [-0.2, -0.15) is 0 Å². The second kappa shape index (κ2) is 7.02. The Balaban J connectivity index is 5.12. The van der Waals surface area contributed by atoms with Crippen molar-refractivity contribution in [2.75, 3.05) is 6.61 Å². The van der Waals surface area contributed by atoms with Crippen LogP contribution >= 0.6 is 0 Å². The molecule has 0 bridgehead atoms. The molecule has 4 N–H and O–H groups in total. The predicted molar refractivity (Wildman–Crippen MR) is 76.7 cm³/mol. The Morgan fingerprint density at radius 1 is 0.895 bits per heavy atom. The van der Waals surface area contributed by atoms with Crippen LogP contribution in [0.15, 0.2) is 0 Å². The molecule has 4 unspecified atom stereocenters. The molecule has 0 fully saturated rings. The minimum atomic E-state index is -1.09. The maximum atomic E-state index is 10.4. The normalized spacial score (nSPS) is 21.0. The maximum Gasteiger partial charge on any atom is 0.0880 e. The lowest BCUT2D eigenvalue weighted by molar-refractivity contribution is -0.156. The highest BCUT2D eigenvalue weighted by atomic mass is 16.3. The van der Waals surface area contributed by atoms with Crippen LogP contribution in [-0.2, 0) is 0 Å². The van der Waals surface area contributed by atoms with Gasteiger partial charge in [-0.3, -0.25) is 0 Å². The molecule has 0 amide bonds. The molecule has 0 heterocycles. The zero-order valence-electron chi connectivity index (χ0n) is 13.2. The molecule has 0 aliphatic carbocycles. The van der Waals surface area contributed by atoms with Gasteiger partial charge in [0.15, 0.2) is 0 Å². The van der Waals surface area contributed by atoms with Crippen molar-refractivity contribution in [1.82, 2.24) is 0 Å². The number of hydrogen-bond donors (Lipinski definition) is 4. The number of rotatable bonds is 8. The summed E-state index contributed by atoms with van der Waals surface area (Å²) in [5.74, 6) is -0.0107. The molecule has 4 heteroatoms. The fourth-order valence-electron chi connectivity index (χ4n) is 2.71. The van der Waals surface area contributed by atoms with E-state index >= 15 is 0 Å². The van der Waals surface area contributed by atoms with Gasteiger partial charge in [-0.1, -0.05) is 48.0 Å². The van der Waals surface area contributed by atoms with Crippen LogP contribution in [0, 0.1) is 16.7 Å². The predicted octanol–water partition coefficient (Wildman–Crippen LogP) is 1.55. The van der Waals surface area contributed by atoms with E-state index in [0.717, 1.165) is 6.42 Å². The standard InChI is InChI=1S/C15H32O4/c1-7-8-15(6,9-16)13(19)12(18)14(4,5)11(17)10(2)3/h10-13,16-19H,7-9H2,1-6H3. The van der Waals surface area contributed by atoms with Gasteiger partial charge < -0.3 is 20.4 Å². The van der Waals surface area contributed by atoms with Crippen molar-refractivity contribution in [3.05, 3.63) is 0 Å². The summed E-state index contributed by atoms with van der Waals surface area (Å²) in [5.41, 5.74) is -1.58. The van der Waals surface area contributed by atoms with Crippen molar-refractivity contribution in [1.29, 1.82) is 0 Å². The molecule has 0 spiro atoms. The van der Waals surface area contributed by atoms with Crippen molar-refractivity contribution in [3.8, 4) is 0 Å². The van der Waals surface area contributed by atoms with Crippen LogP contribution in [0.2, 0.25) is 0 Å². The summed E-state index contributed by atoms with van der Waals surface area (Å²) in [6.07, 6.45) is -1.44. The van der Waals surface area contributed by atoms with Crippen molar-refractivity contribution < 1.29 is 20.4 Å². The molecule has 0 rings (SSSR count). The molecule has 0 saturated heterocycles. The highest BCUT2D eigenvalue weighted by Gasteiger charge is 2.46. The highest BCUT2D eigenvalue weighted by molar-refractivity contribution is 4.96. The topological polar surface area (TPSA) is 80.9 Å². The monoisotopic (exact) mass is 276 g/mol. The SMILES string of the molecule is CCCC(C)(CO)C(O)C(O)C(C)(C)C(O)C(C)C. The molecule has 0 radical (unpaired) electrons. The summed E-state index contributed by atoms with van der Waals surface area (Å²) in [5, 5.41) is 40.6. The zero-order chi connectivity index (χ0) is 15.4. The fraction of sp³-hybridized carbons (Fsp3) is 1.00. The van der Waals surface area contributed by atoms with Gasteiger partial charge in [0.1, 0.15) is 0 Å². The highest BCUT2D eigenvalue weighted by Crippen LogP contribution is 2.38. The number of aliphatic hydroxyl groups excluding tert-OH is 4. The Morgan fingerprint density at radius 3 is 1.68 bits per heavy atom. The molecule has 0 aromatic carbocycles. The summed E-state index contributed by atoms with van der Waals surface area (Å²) in [6.45, 7) is 10.8. The van der Waals surface area contributed by atoms with E-state index in [4.69, 9.17) is 0 Å². The van der Waals surface area contributed by atoms with Crippen LogP contribution < -0.4 is 0 Å². The van der Waals surface area contributed by atoms with E-state index in [1.165, 1.54) is 0 Å². The average molecular weight is 276 g/mol. The van der Waals surface area contributed by atoms with Crippen molar-refractivity contribution >= 4 is 0 Å². The van der Waals surface area contributed by atoms with Gasteiger partial charge in [0.25, 0.3) is 0 Å². The van der Waals surface area contributed by atoms with E-state index in [9.17, 15) is 20.4 Å². The van der Waals surface area contributed by atoms with Crippen LogP contribution in [0.4, 0.5) is 0 Å². The van der Waals surface area contributed by atoms with E-state index < -0.39 is 29.1 Å². The first-order chi connectivity index (χ1) is 8.54. The van der Waals surface area contributed by atoms with Crippen LogP contribution in [0.1, 0.15) is 54.4 Å². The third-order valence-corrected chi connectivity index (χ3v) is 4.35. The molecule has 19 heavy (non-hydrogen) atoms. The maximum absolute atomic E-state index is 10.4. The van der Waals surface area contributed by atoms with E-state index in [1.54, 1.807) is 20.8 Å². The van der Waals surface area contributed by atoms with E-state index in [1.807, 2.05) is 20.8 Å². The Labute approximate surface area is 117 Å². The van der Waals surface area contributed by atoms with Gasteiger partial charge in [-0.25, -0.2) is 0 Å². The van der Waals surface area contributed by atoms with Crippen LogP contribution in [0.5, 0.6) is 0 Å². The van der Waals surface area contributed by atoms with Gasteiger partial charge in [0.05, 0.1) is 24.9 Å². The smallest absolute Gasteiger partial charge is 0.0880 e. The summed E-state index contributed by atoms with van der Waals surface area (Å²) in [4.78, 5) is 0. The third-order valence-electron chi connectivity index (χ3n) is 4.35. The summed E-state index contributed by atoms with van der Waals surface area (Å²) in [6, 6.07) is 0. The molecule has 4 nitrogen and oxygen atoms in total. The molecule has 0 aromatic heterocycles. The van der Waals surface area contributed by atoms with Crippen molar-refractivity contribution in [2.45, 2.75) is 72.7 Å². The molecule has 0 aliphatic rings. The number of hydrogen-bond acceptors (Lipinski definition) is 4. The summed E-state index contributed by atoms with van der Waals surface area (Å²) < 4.78 is 0. The van der Waals surface area contributed by atoms with E-state index in [-0.39, 0.29) is 12.5 Å². The van der Waals surface area contributed by atoms with Gasteiger partial charge in [-0.15, -0.1) is 0 Å². The fourth-order valence-corrected chi connectivity index (χ4v) is 2.71. The van der Waals surface area contributed by atoms with Crippen molar-refractivity contribution in [2.24, 2.45) is 16.7 Å². The largest absolute Gasteiger partial charge is 0.396 e. The lowest BCUT2D eigenvalue weighted by Crippen LogP contribution is -2.54. The second-order valence-electron chi connectivity index (χ2n) is 6.96. The van der Waals surface area contributed by atoms with Gasteiger partial charge in [0, 0.05) is 10.8 Å². The summed E-state index contributed by atoms with van der Waals surface area (Å²) >= 11 is 0. The zero-order valence-corrected chi connectivity index (χ0v) is 13.2. The first-order valence-corrected chi connectivity index (χ1v) is 7.19. The molecule has 0 aliphatic heterocycles. The van der Waals surface area contributed by atoms with E-state index in [2.05, 4.69) is 0 Å². The lowest BCUT2D eigenvalue weighted by Gasteiger charge is -2.44. The number of aliphatic hydroxyl groups is 4. The Morgan fingerprint density at radius 2 is 1.37 bits per heavy atom. The van der Waals surface area contributed by atoms with Gasteiger partial charge in [-0.05, 0) is 12.3 Å². The average Bonchev–Trinajstić information content (AvgIpc) is 2.35. The third kappa shape index (κ3) is 4.15. The minimum absolute atomic E-state index is 0.0107. The van der Waals surface area contributed by atoms with Gasteiger partial charge >= 0.3 is 0 Å². The molecule has 0 saturated carbocycles. The van der Waals surface area contributed by atoms with E-state index in [0.29, 0.717) is 6.42 Å².